The molecule has 1 aromatic rings. The van der Waals surface area contributed by atoms with Crippen molar-refractivity contribution < 1.29 is 4.74 Å². The first-order chi connectivity index (χ1) is 8.60. The summed E-state index contributed by atoms with van der Waals surface area (Å²) in [4.78, 5) is 2.48. The normalized spacial score (nSPS) is 22.4. The quantitative estimate of drug-likeness (QED) is 0.875. The summed E-state index contributed by atoms with van der Waals surface area (Å²) in [5.74, 6) is 0.835. The van der Waals surface area contributed by atoms with Crippen molar-refractivity contribution in [3.63, 3.8) is 0 Å². The van der Waals surface area contributed by atoms with Gasteiger partial charge in [-0.3, -0.25) is 4.90 Å². The second kappa shape index (κ2) is 5.28. The second-order valence-electron chi connectivity index (χ2n) is 5.11. The number of likely N-dealkylation sites (tertiary alicyclic amines) is 1. The Morgan fingerprint density at radius 2 is 2.28 bits per heavy atom. The van der Waals surface area contributed by atoms with E-state index in [1.807, 2.05) is 14.0 Å². The van der Waals surface area contributed by atoms with Crippen LogP contribution in [0.2, 0.25) is 0 Å². The molecule has 1 aliphatic heterocycles. The third kappa shape index (κ3) is 2.12. The molecular formula is C13H24N4O. The molecule has 1 aromatic heterocycles. The Balaban J connectivity index is 2.38. The van der Waals surface area contributed by atoms with Gasteiger partial charge in [0.1, 0.15) is 0 Å². The van der Waals surface area contributed by atoms with Gasteiger partial charge in [-0.2, -0.15) is 5.10 Å². The maximum atomic E-state index is 6.01. The monoisotopic (exact) mass is 252 g/mol. The highest BCUT2D eigenvalue weighted by molar-refractivity contribution is 5.35. The van der Waals surface area contributed by atoms with Gasteiger partial charge < -0.3 is 10.5 Å². The van der Waals surface area contributed by atoms with Crippen LogP contribution in [0.25, 0.3) is 0 Å². The molecule has 0 bridgehead atoms. The first kappa shape index (κ1) is 13.4. The molecule has 1 fully saturated rings. The average molecular weight is 252 g/mol. The third-order valence-corrected chi connectivity index (χ3v) is 3.97. The molecule has 0 aromatic carbocycles. The molecule has 2 atom stereocenters. The zero-order valence-electron chi connectivity index (χ0n) is 11.8. The molecule has 18 heavy (non-hydrogen) atoms. The van der Waals surface area contributed by atoms with E-state index in [9.17, 15) is 0 Å². The number of aryl methyl sites for hydroxylation is 2. The minimum atomic E-state index is 0.214. The molecule has 0 radical (unpaired) electrons. The maximum absolute atomic E-state index is 6.01. The summed E-state index contributed by atoms with van der Waals surface area (Å²) >= 11 is 0. The molecule has 5 heteroatoms. The van der Waals surface area contributed by atoms with Crippen LogP contribution >= 0.6 is 0 Å². The summed E-state index contributed by atoms with van der Waals surface area (Å²) in [5.41, 5.74) is 8.18. The maximum Gasteiger partial charge on any atom is 0.216 e. The van der Waals surface area contributed by atoms with E-state index in [1.54, 1.807) is 11.8 Å². The van der Waals surface area contributed by atoms with Gasteiger partial charge in [0.15, 0.2) is 0 Å². The first-order valence-corrected chi connectivity index (χ1v) is 6.63. The molecule has 5 nitrogen and oxygen atoms in total. The fourth-order valence-electron chi connectivity index (χ4n) is 3.12. The number of hydrogen-bond acceptors (Lipinski definition) is 4. The lowest BCUT2D eigenvalue weighted by Crippen LogP contribution is -2.36. The summed E-state index contributed by atoms with van der Waals surface area (Å²) in [6.07, 6.45) is 2.50. The number of nitrogens with zero attached hydrogens (tertiary/aromatic N) is 3. The van der Waals surface area contributed by atoms with Gasteiger partial charge in [0.05, 0.1) is 24.4 Å². The molecule has 0 spiro atoms. The van der Waals surface area contributed by atoms with Crippen LogP contribution in [0.15, 0.2) is 0 Å². The van der Waals surface area contributed by atoms with Crippen LogP contribution in [0.4, 0.5) is 0 Å². The number of ether oxygens (including phenoxy) is 1. The second-order valence-corrected chi connectivity index (χ2v) is 5.11. The highest BCUT2D eigenvalue weighted by Crippen LogP contribution is 2.35. The van der Waals surface area contributed by atoms with Gasteiger partial charge in [-0.05, 0) is 33.2 Å². The van der Waals surface area contributed by atoms with E-state index in [4.69, 9.17) is 10.5 Å². The van der Waals surface area contributed by atoms with E-state index in [0.29, 0.717) is 12.6 Å². The van der Waals surface area contributed by atoms with Gasteiger partial charge in [-0.25, -0.2) is 4.68 Å². The number of methoxy groups -OCH3 is 1. The van der Waals surface area contributed by atoms with E-state index >= 15 is 0 Å². The van der Waals surface area contributed by atoms with Crippen LogP contribution in [0.3, 0.4) is 0 Å². The summed E-state index contributed by atoms with van der Waals surface area (Å²) in [7, 11) is 3.61. The highest BCUT2D eigenvalue weighted by Gasteiger charge is 2.32. The van der Waals surface area contributed by atoms with E-state index < -0.39 is 0 Å². The molecule has 0 aliphatic carbocycles. The molecule has 0 saturated carbocycles. The third-order valence-electron chi connectivity index (χ3n) is 3.97. The van der Waals surface area contributed by atoms with Gasteiger partial charge in [0.2, 0.25) is 5.88 Å². The largest absolute Gasteiger partial charge is 0.481 e. The zero-order chi connectivity index (χ0) is 13.3. The van der Waals surface area contributed by atoms with Gasteiger partial charge in [0.25, 0.3) is 0 Å². The predicted molar refractivity (Wildman–Crippen MR) is 71.7 cm³/mol. The SMILES string of the molecule is COc1c(C(CN)N2CCCC2C)c(C)nn1C. The molecule has 1 aliphatic rings. The summed E-state index contributed by atoms with van der Waals surface area (Å²) in [6, 6.07) is 0.800. The van der Waals surface area contributed by atoms with Crippen molar-refractivity contribution in [3.05, 3.63) is 11.3 Å². The Kier molecular flexibility index (Phi) is 3.92. The van der Waals surface area contributed by atoms with Crippen LogP contribution in [0, 0.1) is 6.92 Å². The Labute approximate surface area is 109 Å². The van der Waals surface area contributed by atoms with Crippen LogP contribution in [-0.4, -0.2) is 40.9 Å². The van der Waals surface area contributed by atoms with Gasteiger partial charge in [-0.15, -0.1) is 0 Å². The van der Waals surface area contributed by atoms with Gasteiger partial charge in [0, 0.05) is 19.6 Å². The standard InChI is InChI=1S/C13H24N4O/c1-9-6-5-7-17(9)11(8-14)12-10(2)15-16(3)13(12)18-4/h9,11H,5-8,14H2,1-4H3. The molecular weight excluding hydrogens is 228 g/mol. The van der Waals surface area contributed by atoms with E-state index in [1.165, 1.54) is 12.8 Å². The lowest BCUT2D eigenvalue weighted by atomic mass is 10.0. The van der Waals surface area contributed by atoms with E-state index in [-0.39, 0.29) is 6.04 Å². The Bertz CT molecular complexity index is 415. The Hall–Kier alpha value is -1.07. The van der Waals surface area contributed by atoms with Crippen molar-refractivity contribution in [3.8, 4) is 5.88 Å². The number of nitrogens with two attached hydrogens (primary N) is 1. The van der Waals surface area contributed by atoms with Gasteiger partial charge in [-0.1, -0.05) is 0 Å². The lowest BCUT2D eigenvalue weighted by molar-refractivity contribution is 0.191. The van der Waals surface area contributed by atoms with Crippen LogP contribution in [0.5, 0.6) is 5.88 Å². The first-order valence-electron chi connectivity index (χ1n) is 6.63. The summed E-state index contributed by atoms with van der Waals surface area (Å²) < 4.78 is 7.29. The van der Waals surface area contributed by atoms with Crippen molar-refractivity contribution in [2.45, 2.75) is 38.8 Å². The number of aromatic nitrogens is 2. The number of hydrogen-bond donors (Lipinski definition) is 1. The topological polar surface area (TPSA) is 56.3 Å². The summed E-state index contributed by atoms with van der Waals surface area (Å²) in [5, 5.41) is 4.46. The molecule has 2 rings (SSSR count). The van der Waals surface area contributed by atoms with Crippen molar-refractivity contribution in [2.24, 2.45) is 12.8 Å². The highest BCUT2D eigenvalue weighted by atomic mass is 16.5. The minimum absolute atomic E-state index is 0.214. The van der Waals surface area contributed by atoms with Crippen LogP contribution in [-0.2, 0) is 7.05 Å². The Morgan fingerprint density at radius 1 is 1.56 bits per heavy atom. The van der Waals surface area contributed by atoms with Crippen molar-refractivity contribution in [1.82, 2.24) is 14.7 Å². The van der Waals surface area contributed by atoms with Gasteiger partial charge >= 0.3 is 0 Å². The van der Waals surface area contributed by atoms with E-state index in [0.717, 1.165) is 23.7 Å². The minimum Gasteiger partial charge on any atom is -0.481 e. The molecule has 1 saturated heterocycles. The smallest absolute Gasteiger partial charge is 0.216 e. The molecule has 0 amide bonds. The fraction of sp³-hybridized carbons (Fsp3) is 0.769. The van der Waals surface area contributed by atoms with Crippen molar-refractivity contribution in [2.75, 3.05) is 20.2 Å². The summed E-state index contributed by atoms with van der Waals surface area (Å²) in [6.45, 7) is 6.02. The number of rotatable bonds is 4. The van der Waals surface area contributed by atoms with Crippen molar-refractivity contribution in [1.29, 1.82) is 0 Å². The van der Waals surface area contributed by atoms with Crippen LogP contribution < -0.4 is 10.5 Å². The van der Waals surface area contributed by atoms with Crippen molar-refractivity contribution >= 4 is 0 Å². The molecule has 2 heterocycles. The zero-order valence-corrected chi connectivity index (χ0v) is 11.8. The Morgan fingerprint density at radius 3 is 2.78 bits per heavy atom. The lowest BCUT2D eigenvalue weighted by Gasteiger charge is -2.30. The fourth-order valence-corrected chi connectivity index (χ4v) is 3.12. The van der Waals surface area contributed by atoms with Crippen LogP contribution in [0.1, 0.15) is 37.1 Å². The average Bonchev–Trinajstić information content (AvgIpc) is 2.86. The van der Waals surface area contributed by atoms with E-state index in [2.05, 4.69) is 16.9 Å². The molecule has 2 unspecified atom stereocenters. The molecule has 2 N–H and O–H groups in total. The predicted octanol–water partition coefficient (Wildman–Crippen LogP) is 1.22. The molecule has 102 valence electrons.